The fourth-order valence-electron chi connectivity index (χ4n) is 3.28. The van der Waals surface area contributed by atoms with E-state index in [2.05, 4.69) is 46.3 Å². The number of nitrogens with zero attached hydrogens (tertiary/aromatic N) is 2. The Morgan fingerprint density at radius 1 is 1.08 bits per heavy atom. The molecule has 1 saturated heterocycles. The highest BCUT2D eigenvalue weighted by atomic mass is 19.1. The lowest BCUT2D eigenvalue weighted by Crippen LogP contribution is -2.52. The molecule has 1 aliphatic heterocycles. The molecule has 138 valence electrons. The van der Waals surface area contributed by atoms with E-state index in [1.54, 1.807) is 12.1 Å². The van der Waals surface area contributed by atoms with Gasteiger partial charge in [-0.1, -0.05) is 24.3 Å². The molecule has 1 heterocycles. The van der Waals surface area contributed by atoms with Crippen LogP contribution in [0, 0.1) is 12.7 Å². The van der Waals surface area contributed by atoms with Crippen LogP contribution < -0.4 is 5.32 Å². The summed E-state index contributed by atoms with van der Waals surface area (Å²) in [7, 11) is 0. The van der Waals surface area contributed by atoms with Crippen molar-refractivity contribution in [2.45, 2.75) is 26.4 Å². The molecule has 2 aromatic rings. The minimum Gasteiger partial charge on any atom is -0.325 e. The van der Waals surface area contributed by atoms with Gasteiger partial charge >= 0.3 is 0 Å². The molecule has 0 aliphatic carbocycles. The molecule has 0 unspecified atom stereocenters. The number of carbonyl (C=O) groups is 1. The second-order valence-electron chi connectivity index (χ2n) is 6.91. The minimum atomic E-state index is -0.305. The van der Waals surface area contributed by atoms with E-state index in [-0.39, 0.29) is 17.8 Å². The molecule has 3 rings (SSSR count). The largest absolute Gasteiger partial charge is 0.325 e. The van der Waals surface area contributed by atoms with Crippen LogP contribution in [0.3, 0.4) is 0 Å². The van der Waals surface area contributed by atoms with Crippen LogP contribution in [0.4, 0.5) is 10.1 Å². The number of anilines is 1. The highest BCUT2D eigenvalue weighted by Gasteiger charge is 2.25. The molecule has 1 N–H and O–H groups in total. The molecule has 1 aliphatic rings. The maximum absolute atomic E-state index is 13.0. The van der Waals surface area contributed by atoms with Gasteiger partial charge in [0.2, 0.25) is 5.91 Å². The van der Waals surface area contributed by atoms with Gasteiger partial charge in [0.25, 0.3) is 0 Å². The summed E-state index contributed by atoms with van der Waals surface area (Å²) in [5.74, 6) is -0.357. The zero-order chi connectivity index (χ0) is 18.5. The van der Waals surface area contributed by atoms with E-state index in [4.69, 9.17) is 0 Å². The number of nitrogens with one attached hydrogen (secondary N) is 1. The second kappa shape index (κ2) is 8.43. The Labute approximate surface area is 154 Å². The number of piperazine rings is 1. The van der Waals surface area contributed by atoms with Crippen molar-refractivity contribution in [3.05, 3.63) is 65.5 Å². The summed E-state index contributed by atoms with van der Waals surface area (Å²) < 4.78 is 13.0. The van der Waals surface area contributed by atoms with Crippen LogP contribution in [-0.4, -0.2) is 47.9 Å². The number of hydrogen-bond donors (Lipinski definition) is 1. The van der Waals surface area contributed by atoms with Gasteiger partial charge in [-0.15, -0.1) is 0 Å². The Morgan fingerprint density at radius 3 is 2.38 bits per heavy atom. The van der Waals surface area contributed by atoms with E-state index in [1.165, 1.54) is 23.3 Å². The van der Waals surface area contributed by atoms with Crippen molar-refractivity contribution in [1.82, 2.24) is 9.80 Å². The van der Waals surface area contributed by atoms with Crippen LogP contribution in [-0.2, 0) is 11.3 Å². The maximum atomic E-state index is 13.0. The molecule has 0 aromatic heterocycles. The number of hydrogen-bond acceptors (Lipinski definition) is 3. The topological polar surface area (TPSA) is 35.6 Å². The smallest absolute Gasteiger partial charge is 0.241 e. The first kappa shape index (κ1) is 18.5. The molecule has 5 heteroatoms. The molecule has 4 nitrogen and oxygen atoms in total. The summed E-state index contributed by atoms with van der Waals surface area (Å²) in [5, 5.41) is 2.86. The SMILES string of the molecule is Cc1ccccc1CN1CCN([C@H](C)C(=O)Nc2ccc(F)cc2)CC1. The Morgan fingerprint density at radius 2 is 1.73 bits per heavy atom. The van der Waals surface area contributed by atoms with Crippen molar-refractivity contribution in [3.63, 3.8) is 0 Å². The Bertz CT molecular complexity index is 739. The lowest BCUT2D eigenvalue weighted by molar-refractivity contribution is -0.121. The number of halogens is 1. The molecule has 1 fully saturated rings. The molecule has 2 aromatic carbocycles. The predicted octanol–water partition coefficient (Wildman–Crippen LogP) is 3.28. The fourth-order valence-corrected chi connectivity index (χ4v) is 3.28. The Balaban J connectivity index is 1.50. The van der Waals surface area contributed by atoms with Gasteiger partial charge in [-0.05, 0) is 49.2 Å². The van der Waals surface area contributed by atoms with E-state index in [1.807, 2.05) is 6.92 Å². The predicted molar refractivity (Wildman–Crippen MR) is 103 cm³/mol. The lowest BCUT2D eigenvalue weighted by atomic mass is 10.1. The third-order valence-corrected chi connectivity index (χ3v) is 5.10. The molecule has 0 spiro atoms. The standard InChI is InChI=1S/C21H26FN3O/c1-16-5-3-4-6-18(16)15-24-11-13-25(14-12-24)17(2)21(26)23-20-9-7-19(22)8-10-20/h3-10,17H,11-15H2,1-2H3,(H,23,26)/t17-/m1/s1. The van der Waals surface area contributed by atoms with Gasteiger partial charge in [0, 0.05) is 38.4 Å². The van der Waals surface area contributed by atoms with Crippen molar-refractivity contribution < 1.29 is 9.18 Å². The van der Waals surface area contributed by atoms with E-state index in [0.29, 0.717) is 5.69 Å². The Kier molecular flexibility index (Phi) is 6.01. The highest BCUT2D eigenvalue weighted by Crippen LogP contribution is 2.15. The van der Waals surface area contributed by atoms with Crippen LogP contribution in [0.15, 0.2) is 48.5 Å². The van der Waals surface area contributed by atoms with Gasteiger partial charge in [-0.3, -0.25) is 14.6 Å². The van der Waals surface area contributed by atoms with Gasteiger partial charge in [0.1, 0.15) is 5.82 Å². The maximum Gasteiger partial charge on any atom is 0.241 e. The third kappa shape index (κ3) is 4.68. The molecule has 0 radical (unpaired) electrons. The van der Waals surface area contributed by atoms with E-state index in [9.17, 15) is 9.18 Å². The van der Waals surface area contributed by atoms with Crippen molar-refractivity contribution in [3.8, 4) is 0 Å². The first-order valence-corrected chi connectivity index (χ1v) is 9.10. The fraction of sp³-hybridized carbons (Fsp3) is 0.381. The van der Waals surface area contributed by atoms with E-state index >= 15 is 0 Å². The average molecular weight is 355 g/mol. The van der Waals surface area contributed by atoms with Crippen molar-refractivity contribution in [2.24, 2.45) is 0 Å². The molecular formula is C21H26FN3O. The van der Waals surface area contributed by atoms with Crippen LogP contribution in [0.5, 0.6) is 0 Å². The summed E-state index contributed by atoms with van der Waals surface area (Å²) in [6.45, 7) is 8.65. The van der Waals surface area contributed by atoms with Crippen LogP contribution in [0.2, 0.25) is 0 Å². The van der Waals surface area contributed by atoms with Crippen LogP contribution >= 0.6 is 0 Å². The van der Waals surface area contributed by atoms with Crippen molar-refractivity contribution >= 4 is 11.6 Å². The average Bonchev–Trinajstić information content (AvgIpc) is 2.65. The summed E-state index contributed by atoms with van der Waals surface area (Å²) in [6.07, 6.45) is 0. The quantitative estimate of drug-likeness (QED) is 0.894. The normalized spacial score (nSPS) is 17.0. The molecule has 1 atom stereocenters. The number of amides is 1. The highest BCUT2D eigenvalue weighted by molar-refractivity contribution is 5.94. The molecule has 0 bridgehead atoms. The van der Waals surface area contributed by atoms with Gasteiger partial charge in [0.15, 0.2) is 0 Å². The summed E-state index contributed by atoms with van der Waals surface area (Å²) >= 11 is 0. The van der Waals surface area contributed by atoms with Gasteiger partial charge < -0.3 is 5.32 Å². The van der Waals surface area contributed by atoms with Crippen molar-refractivity contribution in [1.29, 1.82) is 0 Å². The second-order valence-corrected chi connectivity index (χ2v) is 6.91. The zero-order valence-electron chi connectivity index (χ0n) is 15.4. The monoisotopic (exact) mass is 355 g/mol. The van der Waals surface area contributed by atoms with E-state index < -0.39 is 0 Å². The molecule has 1 amide bonds. The lowest BCUT2D eigenvalue weighted by Gasteiger charge is -2.37. The van der Waals surface area contributed by atoms with Crippen molar-refractivity contribution in [2.75, 3.05) is 31.5 Å². The van der Waals surface area contributed by atoms with Gasteiger partial charge in [-0.25, -0.2) is 4.39 Å². The van der Waals surface area contributed by atoms with Gasteiger partial charge in [0.05, 0.1) is 6.04 Å². The molecular weight excluding hydrogens is 329 g/mol. The minimum absolute atomic E-state index is 0.0519. The molecule has 26 heavy (non-hydrogen) atoms. The van der Waals surface area contributed by atoms with Crippen LogP contribution in [0.1, 0.15) is 18.1 Å². The first-order chi connectivity index (χ1) is 12.5. The number of carbonyl (C=O) groups excluding carboxylic acids is 1. The number of aryl methyl sites for hydroxylation is 1. The number of benzene rings is 2. The summed E-state index contributed by atoms with van der Waals surface area (Å²) in [6, 6.07) is 14.1. The summed E-state index contributed by atoms with van der Waals surface area (Å²) in [5.41, 5.74) is 3.31. The summed E-state index contributed by atoms with van der Waals surface area (Å²) in [4.78, 5) is 17.1. The van der Waals surface area contributed by atoms with Gasteiger partial charge in [-0.2, -0.15) is 0 Å². The zero-order valence-corrected chi connectivity index (χ0v) is 15.4. The third-order valence-electron chi connectivity index (χ3n) is 5.10. The number of rotatable bonds is 5. The molecule has 0 saturated carbocycles. The van der Waals surface area contributed by atoms with Crippen LogP contribution in [0.25, 0.3) is 0 Å². The first-order valence-electron chi connectivity index (χ1n) is 9.10. The Hall–Kier alpha value is -2.24. The van der Waals surface area contributed by atoms with E-state index in [0.717, 1.165) is 32.7 Å².